The van der Waals surface area contributed by atoms with Crippen molar-refractivity contribution in [2.75, 3.05) is 0 Å². The molecule has 0 aliphatic rings. The van der Waals surface area contributed by atoms with Crippen LogP contribution in [0.15, 0.2) is 40.9 Å². The third-order valence-electron chi connectivity index (χ3n) is 3.07. The van der Waals surface area contributed by atoms with E-state index in [4.69, 9.17) is 0 Å². The van der Waals surface area contributed by atoms with E-state index in [1.165, 1.54) is 6.07 Å². The molecule has 0 bridgehead atoms. The molecule has 0 spiro atoms. The molecule has 98 valence electrons. The quantitative estimate of drug-likeness (QED) is 0.753. The minimum atomic E-state index is -0.332. The van der Waals surface area contributed by atoms with Crippen LogP contribution in [0.2, 0.25) is 0 Å². The van der Waals surface area contributed by atoms with Crippen molar-refractivity contribution in [3.8, 4) is 0 Å². The summed E-state index contributed by atoms with van der Waals surface area (Å²) in [6.45, 7) is 3.88. The average molecular weight is 321 g/mol. The first-order chi connectivity index (χ1) is 8.99. The minimum absolute atomic E-state index is 0.0659. The van der Waals surface area contributed by atoms with Crippen LogP contribution in [0.1, 0.15) is 27.0 Å². The summed E-state index contributed by atoms with van der Waals surface area (Å²) in [7, 11) is 0. The highest BCUT2D eigenvalue weighted by Gasteiger charge is 2.12. The third-order valence-corrected chi connectivity index (χ3v) is 4.32. The van der Waals surface area contributed by atoms with Crippen molar-refractivity contribution in [3.05, 3.63) is 68.9 Å². The van der Waals surface area contributed by atoms with E-state index in [9.17, 15) is 9.18 Å². The molecular weight excluding hydrogens is 307 g/mol. The number of rotatable bonds is 3. The van der Waals surface area contributed by atoms with Crippen LogP contribution >= 0.6 is 15.9 Å². The van der Waals surface area contributed by atoms with Crippen LogP contribution in [0.25, 0.3) is 0 Å². The van der Waals surface area contributed by atoms with Crippen molar-refractivity contribution < 1.29 is 9.18 Å². The van der Waals surface area contributed by atoms with E-state index in [1.54, 1.807) is 18.2 Å². The van der Waals surface area contributed by atoms with E-state index < -0.39 is 0 Å². The van der Waals surface area contributed by atoms with Crippen LogP contribution in [0.5, 0.6) is 0 Å². The maximum atomic E-state index is 13.5. The average Bonchev–Trinajstić information content (AvgIpc) is 2.38. The number of ketones is 1. The van der Waals surface area contributed by atoms with Gasteiger partial charge in [0.2, 0.25) is 0 Å². The van der Waals surface area contributed by atoms with Crippen molar-refractivity contribution in [1.82, 2.24) is 0 Å². The summed E-state index contributed by atoms with van der Waals surface area (Å²) in [4.78, 5) is 12.2. The number of carbonyl (C=O) groups is 1. The van der Waals surface area contributed by atoms with E-state index in [0.29, 0.717) is 11.1 Å². The Morgan fingerprint density at radius 2 is 1.74 bits per heavy atom. The van der Waals surface area contributed by atoms with Crippen molar-refractivity contribution in [1.29, 1.82) is 0 Å². The Kier molecular flexibility index (Phi) is 4.15. The zero-order valence-corrected chi connectivity index (χ0v) is 12.4. The van der Waals surface area contributed by atoms with Gasteiger partial charge in [-0.05, 0) is 48.7 Å². The van der Waals surface area contributed by atoms with Crippen molar-refractivity contribution in [2.45, 2.75) is 20.3 Å². The van der Waals surface area contributed by atoms with Gasteiger partial charge in [0.25, 0.3) is 0 Å². The molecule has 1 nitrogen and oxygen atoms in total. The molecule has 2 aromatic carbocycles. The van der Waals surface area contributed by atoms with Crippen LogP contribution in [-0.2, 0) is 6.42 Å². The van der Waals surface area contributed by atoms with Gasteiger partial charge in [0, 0.05) is 16.5 Å². The molecule has 2 aromatic rings. The second-order valence-corrected chi connectivity index (χ2v) is 5.41. The number of Topliss-reactive ketones (excluding diaryl/α,β-unsaturated/α-hetero) is 1. The maximum Gasteiger partial charge on any atom is 0.167 e. The molecule has 0 unspecified atom stereocenters. The lowest BCUT2D eigenvalue weighted by Gasteiger charge is -2.08. The summed E-state index contributed by atoms with van der Waals surface area (Å²) < 4.78 is 14.5. The Morgan fingerprint density at radius 1 is 1.16 bits per heavy atom. The number of benzene rings is 2. The second kappa shape index (κ2) is 5.66. The zero-order valence-electron chi connectivity index (χ0n) is 10.8. The van der Waals surface area contributed by atoms with Crippen LogP contribution in [0, 0.1) is 19.7 Å². The van der Waals surface area contributed by atoms with Crippen LogP contribution < -0.4 is 0 Å². The van der Waals surface area contributed by atoms with Crippen LogP contribution in [0.4, 0.5) is 4.39 Å². The standard InChI is InChI=1S/C16H14BrFO/c1-10-7-13(8-11(2)16(10)17)15(19)9-12-5-3-4-6-14(12)18/h3-8H,9H2,1-2H3. The molecule has 2 rings (SSSR count). The monoisotopic (exact) mass is 320 g/mol. The van der Waals surface area contributed by atoms with Gasteiger partial charge in [0.15, 0.2) is 5.78 Å². The predicted octanol–water partition coefficient (Wildman–Crippen LogP) is 4.63. The van der Waals surface area contributed by atoms with E-state index in [2.05, 4.69) is 15.9 Å². The normalized spacial score (nSPS) is 10.5. The lowest BCUT2D eigenvalue weighted by Crippen LogP contribution is -2.06. The first kappa shape index (κ1) is 13.9. The van der Waals surface area contributed by atoms with E-state index in [-0.39, 0.29) is 18.0 Å². The van der Waals surface area contributed by atoms with Crippen LogP contribution in [-0.4, -0.2) is 5.78 Å². The zero-order chi connectivity index (χ0) is 14.0. The topological polar surface area (TPSA) is 17.1 Å². The lowest BCUT2D eigenvalue weighted by molar-refractivity contribution is 0.0991. The summed E-state index contributed by atoms with van der Waals surface area (Å²) >= 11 is 3.47. The summed E-state index contributed by atoms with van der Waals surface area (Å²) in [5.74, 6) is -0.398. The van der Waals surface area contributed by atoms with Crippen LogP contribution in [0.3, 0.4) is 0 Å². The number of aryl methyl sites for hydroxylation is 2. The van der Waals surface area contributed by atoms with E-state index >= 15 is 0 Å². The molecule has 0 fully saturated rings. The first-order valence-electron chi connectivity index (χ1n) is 6.02. The van der Waals surface area contributed by atoms with Gasteiger partial charge in [0.1, 0.15) is 5.82 Å². The third kappa shape index (κ3) is 3.10. The second-order valence-electron chi connectivity index (χ2n) is 4.62. The molecule has 0 saturated heterocycles. The molecule has 0 N–H and O–H groups in total. The molecule has 0 aromatic heterocycles. The molecule has 0 aliphatic heterocycles. The fourth-order valence-electron chi connectivity index (χ4n) is 2.02. The fourth-order valence-corrected chi connectivity index (χ4v) is 2.25. The Balaban J connectivity index is 2.28. The highest BCUT2D eigenvalue weighted by molar-refractivity contribution is 9.10. The van der Waals surface area contributed by atoms with E-state index in [0.717, 1.165) is 15.6 Å². The number of carbonyl (C=O) groups excluding carboxylic acids is 1. The number of hydrogen-bond donors (Lipinski definition) is 0. The molecule has 0 radical (unpaired) electrons. The van der Waals surface area contributed by atoms with Gasteiger partial charge < -0.3 is 0 Å². The van der Waals surface area contributed by atoms with Gasteiger partial charge in [-0.25, -0.2) is 4.39 Å². The van der Waals surface area contributed by atoms with Gasteiger partial charge in [0.05, 0.1) is 0 Å². The maximum absolute atomic E-state index is 13.5. The number of halogens is 2. The molecule has 3 heteroatoms. The first-order valence-corrected chi connectivity index (χ1v) is 6.81. The van der Waals surface area contributed by atoms with E-state index in [1.807, 2.05) is 26.0 Å². The lowest BCUT2D eigenvalue weighted by atomic mass is 9.99. The summed E-state index contributed by atoms with van der Waals surface area (Å²) in [5, 5.41) is 0. The highest BCUT2D eigenvalue weighted by atomic mass is 79.9. The predicted molar refractivity (Wildman–Crippen MR) is 78.1 cm³/mol. The molecule has 19 heavy (non-hydrogen) atoms. The van der Waals surface area contributed by atoms with Gasteiger partial charge in [-0.15, -0.1) is 0 Å². The van der Waals surface area contributed by atoms with Gasteiger partial charge in [-0.3, -0.25) is 4.79 Å². The fraction of sp³-hybridized carbons (Fsp3) is 0.188. The molecule has 0 aliphatic carbocycles. The SMILES string of the molecule is Cc1cc(C(=O)Cc2ccccc2F)cc(C)c1Br. The Labute approximate surface area is 120 Å². The Bertz CT molecular complexity index is 611. The summed E-state index contributed by atoms with van der Waals surface area (Å²) in [5.41, 5.74) is 3.08. The summed E-state index contributed by atoms with van der Waals surface area (Å²) in [6.07, 6.45) is 0.0905. The minimum Gasteiger partial charge on any atom is -0.294 e. The number of hydrogen-bond acceptors (Lipinski definition) is 1. The molecule has 0 amide bonds. The van der Waals surface area contributed by atoms with Crippen molar-refractivity contribution in [2.24, 2.45) is 0 Å². The molecule has 0 atom stereocenters. The Morgan fingerprint density at radius 3 is 2.32 bits per heavy atom. The summed E-state index contributed by atoms with van der Waals surface area (Å²) in [6, 6.07) is 10.0. The largest absolute Gasteiger partial charge is 0.294 e. The Hall–Kier alpha value is -1.48. The van der Waals surface area contributed by atoms with Gasteiger partial charge >= 0.3 is 0 Å². The highest BCUT2D eigenvalue weighted by Crippen LogP contribution is 2.23. The molecule has 0 heterocycles. The van der Waals surface area contributed by atoms with Gasteiger partial charge in [-0.1, -0.05) is 34.1 Å². The molecular formula is C16H14BrFO. The smallest absolute Gasteiger partial charge is 0.167 e. The van der Waals surface area contributed by atoms with Gasteiger partial charge in [-0.2, -0.15) is 0 Å². The van der Waals surface area contributed by atoms with Crippen molar-refractivity contribution in [3.63, 3.8) is 0 Å². The van der Waals surface area contributed by atoms with Crippen molar-refractivity contribution >= 4 is 21.7 Å². The molecule has 0 saturated carbocycles.